The molecule has 0 fully saturated rings. The zero-order chi connectivity index (χ0) is 12.0. The van der Waals surface area contributed by atoms with Gasteiger partial charge in [0.05, 0.1) is 24.1 Å². The van der Waals surface area contributed by atoms with Crippen LogP contribution in [0.25, 0.3) is 0 Å². The van der Waals surface area contributed by atoms with Gasteiger partial charge in [-0.15, -0.1) is 0 Å². The fourth-order valence-corrected chi connectivity index (χ4v) is 1.81. The normalized spacial score (nSPS) is 9.94. The summed E-state index contributed by atoms with van der Waals surface area (Å²) in [5.41, 5.74) is 1.16. The second-order valence-electron chi connectivity index (χ2n) is 3.34. The van der Waals surface area contributed by atoms with Crippen LogP contribution >= 0.6 is 15.9 Å². The van der Waals surface area contributed by atoms with Crippen LogP contribution in [0.1, 0.15) is 18.9 Å². The Hall–Kier alpha value is -1.03. The number of ether oxygens (including phenoxy) is 2. The van der Waals surface area contributed by atoms with Crippen LogP contribution in [0, 0.1) is 6.92 Å². The van der Waals surface area contributed by atoms with Crippen molar-refractivity contribution < 1.29 is 14.3 Å². The maximum Gasteiger partial charge on any atom is 0.309 e. The van der Waals surface area contributed by atoms with E-state index in [4.69, 9.17) is 9.47 Å². The molecule has 1 aromatic rings. The Balaban J connectivity index is 2.40. The number of carbonyl (C=O) groups is 1. The largest absolute Gasteiger partial charge is 0.492 e. The summed E-state index contributed by atoms with van der Waals surface area (Å²) in [7, 11) is 0. The molecule has 0 aliphatic rings. The van der Waals surface area contributed by atoms with Gasteiger partial charge in [0.2, 0.25) is 0 Å². The van der Waals surface area contributed by atoms with E-state index in [1.807, 2.05) is 25.1 Å². The van der Waals surface area contributed by atoms with Crippen molar-refractivity contribution in [3.05, 3.63) is 28.2 Å². The molecule has 0 bridgehead atoms. The second kappa shape index (κ2) is 6.53. The van der Waals surface area contributed by atoms with Crippen molar-refractivity contribution in [3.63, 3.8) is 0 Å². The Morgan fingerprint density at radius 2 is 2.19 bits per heavy atom. The monoisotopic (exact) mass is 286 g/mol. The molecule has 1 rings (SSSR count). The Morgan fingerprint density at radius 3 is 2.81 bits per heavy atom. The van der Waals surface area contributed by atoms with Gasteiger partial charge in [-0.05, 0) is 47.5 Å². The first-order valence-electron chi connectivity index (χ1n) is 5.18. The van der Waals surface area contributed by atoms with Crippen molar-refractivity contribution in [1.29, 1.82) is 0 Å². The van der Waals surface area contributed by atoms with Gasteiger partial charge in [-0.2, -0.15) is 0 Å². The first-order valence-corrected chi connectivity index (χ1v) is 5.97. The average Bonchev–Trinajstić information content (AvgIpc) is 2.22. The summed E-state index contributed by atoms with van der Waals surface area (Å²) >= 11 is 3.40. The van der Waals surface area contributed by atoms with Crippen LogP contribution in [0.4, 0.5) is 0 Å². The number of halogens is 1. The summed E-state index contributed by atoms with van der Waals surface area (Å²) in [6.45, 7) is 4.54. The lowest BCUT2D eigenvalue weighted by molar-refractivity contribution is -0.143. The summed E-state index contributed by atoms with van der Waals surface area (Å²) < 4.78 is 11.2. The molecular formula is C12H15BrO3. The Labute approximate surface area is 104 Å². The minimum absolute atomic E-state index is 0.231. The molecule has 4 heteroatoms. The van der Waals surface area contributed by atoms with Gasteiger partial charge in [0.1, 0.15) is 5.75 Å². The number of esters is 1. The maximum atomic E-state index is 11.1. The molecule has 0 unspecified atom stereocenters. The fourth-order valence-electron chi connectivity index (χ4n) is 1.20. The van der Waals surface area contributed by atoms with E-state index in [0.717, 1.165) is 15.8 Å². The summed E-state index contributed by atoms with van der Waals surface area (Å²) in [4.78, 5) is 11.1. The van der Waals surface area contributed by atoms with Crippen LogP contribution in [0.5, 0.6) is 5.75 Å². The van der Waals surface area contributed by atoms with Crippen LogP contribution in [-0.2, 0) is 9.53 Å². The maximum absolute atomic E-state index is 11.1. The van der Waals surface area contributed by atoms with Crippen molar-refractivity contribution in [3.8, 4) is 5.75 Å². The molecule has 16 heavy (non-hydrogen) atoms. The standard InChI is InChI=1S/C12H15BrO3/c1-3-15-12(14)6-7-16-11-5-4-9(2)8-10(11)13/h4-5,8H,3,6-7H2,1-2H3. The highest BCUT2D eigenvalue weighted by atomic mass is 79.9. The Bertz CT molecular complexity index is 363. The molecule has 0 radical (unpaired) electrons. The molecule has 3 nitrogen and oxygen atoms in total. The van der Waals surface area contributed by atoms with E-state index >= 15 is 0 Å². The molecule has 0 spiro atoms. The molecule has 0 aliphatic heterocycles. The molecule has 0 atom stereocenters. The highest BCUT2D eigenvalue weighted by Gasteiger charge is 2.04. The molecule has 88 valence electrons. The molecule has 0 saturated carbocycles. The molecule has 0 heterocycles. The van der Waals surface area contributed by atoms with Crippen LogP contribution in [0.3, 0.4) is 0 Å². The predicted octanol–water partition coefficient (Wildman–Crippen LogP) is 3.09. The number of benzene rings is 1. The number of rotatable bonds is 5. The summed E-state index contributed by atoms with van der Waals surface area (Å²) in [6, 6.07) is 5.81. The van der Waals surface area contributed by atoms with Crippen molar-refractivity contribution in [2.75, 3.05) is 13.2 Å². The fraction of sp³-hybridized carbons (Fsp3) is 0.417. The lowest BCUT2D eigenvalue weighted by atomic mass is 10.2. The Morgan fingerprint density at radius 1 is 1.44 bits per heavy atom. The third kappa shape index (κ3) is 4.23. The average molecular weight is 287 g/mol. The topological polar surface area (TPSA) is 35.5 Å². The Kier molecular flexibility index (Phi) is 5.32. The number of aryl methyl sites for hydroxylation is 1. The minimum Gasteiger partial charge on any atom is -0.492 e. The van der Waals surface area contributed by atoms with E-state index in [9.17, 15) is 4.79 Å². The predicted molar refractivity (Wildman–Crippen MR) is 65.6 cm³/mol. The van der Waals surface area contributed by atoms with E-state index < -0.39 is 0 Å². The highest BCUT2D eigenvalue weighted by Crippen LogP contribution is 2.25. The van der Waals surface area contributed by atoms with Gasteiger partial charge in [-0.25, -0.2) is 0 Å². The molecule has 0 aromatic heterocycles. The summed E-state index contributed by atoms with van der Waals surface area (Å²) in [6.07, 6.45) is 0.272. The molecule has 1 aromatic carbocycles. The van der Waals surface area contributed by atoms with Crippen molar-refractivity contribution >= 4 is 21.9 Å². The summed E-state index contributed by atoms with van der Waals surface area (Å²) in [5, 5.41) is 0. The number of hydrogen-bond donors (Lipinski definition) is 0. The van der Waals surface area contributed by atoms with Crippen LogP contribution in [-0.4, -0.2) is 19.2 Å². The number of hydrogen-bond acceptors (Lipinski definition) is 3. The summed E-state index contributed by atoms with van der Waals surface area (Å²) in [5.74, 6) is 0.514. The first kappa shape index (κ1) is 13.0. The van der Waals surface area contributed by atoms with E-state index in [-0.39, 0.29) is 12.4 Å². The molecular weight excluding hydrogens is 272 g/mol. The van der Waals surface area contributed by atoms with Gasteiger partial charge < -0.3 is 9.47 Å². The van der Waals surface area contributed by atoms with Gasteiger partial charge in [-0.1, -0.05) is 6.07 Å². The third-order valence-electron chi connectivity index (χ3n) is 1.96. The van der Waals surface area contributed by atoms with Crippen molar-refractivity contribution in [2.24, 2.45) is 0 Å². The first-order chi connectivity index (χ1) is 7.63. The molecule has 0 amide bonds. The van der Waals surface area contributed by atoms with E-state index in [1.165, 1.54) is 0 Å². The van der Waals surface area contributed by atoms with Crippen molar-refractivity contribution in [1.82, 2.24) is 0 Å². The van der Waals surface area contributed by atoms with E-state index in [0.29, 0.717) is 13.2 Å². The van der Waals surface area contributed by atoms with Gasteiger partial charge in [0, 0.05) is 0 Å². The van der Waals surface area contributed by atoms with Gasteiger partial charge >= 0.3 is 5.97 Å². The lowest BCUT2D eigenvalue weighted by Gasteiger charge is -2.08. The number of carbonyl (C=O) groups excluding carboxylic acids is 1. The quantitative estimate of drug-likeness (QED) is 0.781. The van der Waals surface area contributed by atoms with Gasteiger partial charge in [-0.3, -0.25) is 4.79 Å². The highest BCUT2D eigenvalue weighted by molar-refractivity contribution is 9.10. The van der Waals surface area contributed by atoms with Gasteiger partial charge in [0.25, 0.3) is 0 Å². The third-order valence-corrected chi connectivity index (χ3v) is 2.58. The lowest BCUT2D eigenvalue weighted by Crippen LogP contribution is -2.09. The smallest absolute Gasteiger partial charge is 0.309 e. The second-order valence-corrected chi connectivity index (χ2v) is 4.19. The van der Waals surface area contributed by atoms with E-state index in [2.05, 4.69) is 15.9 Å². The molecule has 0 saturated heterocycles. The zero-order valence-corrected chi connectivity index (χ0v) is 11.0. The van der Waals surface area contributed by atoms with E-state index in [1.54, 1.807) is 6.92 Å². The minimum atomic E-state index is -0.231. The molecule has 0 aliphatic carbocycles. The van der Waals surface area contributed by atoms with Gasteiger partial charge in [0.15, 0.2) is 0 Å². The SMILES string of the molecule is CCOC(=O)CCOc1ccc(C)cc1Br. The van der Waals surface area contributed by atoms with Crippen molar-refractivity contribution in [2.45, 2.75) is 20.3 Å². The molecule has 0 N–H and O–H groups in total. The van der Waals surface area contributed by atoms with Crippen LogP contribution in [0.15, 0.2) is 22.7 Å². The zero-order valence-electron chi connectivity index (χ0n) is 9.46. The van der Waals surface area contributed by atoms with Crippen LogP contribution in [0.2, 0.25) is 0 Å². The van der Waals surface area contributed by atoms with Crippen LogP contribution < -0.4 is 4.74 Å².